The lowest BCUT2D eigenvalue weighted by atomic mass is 9.82. The number of nitrogens with zero attached hydrogens (tertiary/aromatic N) is 2. The molecule has 9 nitrogen and oxygen atoms in total. The largest absolute Gasteiger partial charge is 0.497 e. The zero-order chi connectivity index (χ0) is 24.8. The summed E-state index contributed by atoms with van der Waals surface area (Å²) >= 11 is 0. The minimum absolute atomic E-state index is 0.186. The number of aldehydes is 1. The highest BCUT2D eigenvalue weighted by Gasteiger charge is 2.44. The van der Waals surface area contributed by atoms with Crippen molar-refractivity contribution in [2.45, 2.75) is 33.4 Å². The molecule has 2 aromatic carbocycles. The summed E-state index contributed by atoms with van der Waals surface area (Å²) < 4.78 is 38.8. The number of methoxy groups -OCH3 is 2. The van der Waals surface area contributed by atoms with Gasteiger partial charge in [-0.15, -0.1) is 0 Å². The summed E-state index contributed by atoms with van der Waals surface area (Å²) in [6, 6.07) is 12.1. The number of rotatable bonds is 10. The molecule has 180 valence electrons. The van der Waals surface area contributed by atoms with Crippen LogP contribution in [0.1, 0.15) is 37.9 Å². The van der Waals surface area contributed by atoms with Gasteiger partial charge in [-0.2, -0.15) is 17.0 Å². The Hall–Kier alpha value is -3.11. The second-order valence-corrected chi connectivity index (χ2v) is 10.2. The van der Waals surface area contributed by atoms with E-state index in [9.17, 15) is 23.1 Å². The van der Waals surface area contributed by atoms with E-state index in [1.165, 1.54) is 14.2 Å². The van der Waals surface area contributed by atoms with E-state index in [2.05, 4.69) is 0 Å². The molecule has 10 heteroatoms. The van der Waals surface area contributed by atoms with E-state index in [4.69, 9.17) is 9.47 Å². The van der Waals surface area contributed by atoms with Crippen molar-refractivity contribution in [3.05, 3.63) is 59.7 Å². The molecule has 2 aromatic rings. The van der Waals surface area contributed by atoms with Crippen molar-refractivity contribution in [1.82, 2.24) is 8.61 Å². The third-order valence-corrected chi connectivity index (χ3v) is 6.84. The van der Waals surface area contributed by atoms with Gasteiger partial charge in [0.1, 0.15) is 17.8 Å². The van der Waals surface area contributed by atoms with Gasteiger partial charge in [-0.1, -0.05) is 45.0 Å². The minimum Gasteiger partial charge on any atom is -0.497 e. The molecule has 1 unspecified atom stereocenters. The number of carbonyl (C=O) groups is 2. The van der Waals surface area contributed by atoms with Gasteiger partial charge >= 0.3 is 16.3 Å². The smallest absolute Gasteiger partial charge is 0.422 e. The van der Waals surface area contributed by atoms with E-state index >= 15 is 0 Å². The number of hydrogen-bond donors (Lipinski definition) is 1. The van der Waals surface area contributed by atoms with Crippen molar-refractivity contribution in [1.29, 1.82) is 0 Å². The fourth-order valence-corrected chi connectivity index (χ4v) is 5.21. The van der Waals surface area contributed by atoms with E-state index in [1.807, 2.05) is 0 Å². The number of amides is 1. The lowest BCUT2D eigenvalue weighted by Gasteiger charge is -2.40. The van der Waals surface area contributed by atoms with Crippen molar-refractivity contribution in [3.63, 3.8) is 0 Å². The first-order valence-electron chi connectivity index (χ1n) is 10.2. The first-order valence-corrected chi connectivity index (χ1v) is 11.6. The van der Waals surface area contributed by atoms with Crippen LogP contribution in [-0.2, 0) is 21.5 Å². The van der Waals surface area contributed by atoms with Gasteiger partial charge < -0.3 is 19.4 Å². The molecule has 0 spiro atoms. The van der Waals surface area contributed by atoms with Gasteiger partial charge in [-0.05, 0) is 40.8 Å². The summed E-state index contributed by atoms with van der Waals surface area (Å²) in [4.78, 5) is 23.7. The Morgan fingerprint density at radius 2 is 1.48 bits per heavy atom. The van der Waals surface area contributed by atoms with Crippen LogP contribution in [-0.4, -0.2) is 55.3 Å². The predicted octanol–water partition coefficient (Wildman–Crippen LogP) is 3.72. The molecule has 0 heterocycles. The quantitative estimate of drug-likeness (QED) is 0.518. The van der Waals surface area contributed by atoms with Gasteiger partial charge in [0, 0.05) is 6.54 Å². The number of carboxylic acid groups (broad SMARTS) is 1. The average Bonchev–Trinajstić information content (AvgIpc) is 2.76. The normalized spacial score (nSPS) is 12.8. The third-order valence-electron chi connectivity index (χ3n) is 5.05. The summed E-state index contributed by atoms with van der Waals surface area (Å²) in [6.07, 6.45) is -1.21. The van der Waals surface area contributed by atoms with Crippen molar-refractivity contribution in [3.8, 4) is 11.5 Å². The second-order valence-electron chi connectivity index (χ2n) is 8.44. The Balaban J connectivity index is 2.55. The lowest BCUT2D eigenvalue weighted by Crippen LogP contribution is -2.51. The standard InChI is InChI=1S/C23H30N2O7S/c1-23(2,3)21(18-8-12-20(32-5)13-9-18)25(22(27)28)33(29,30)24(14-15-26)16-17-6-10-19(31-4)11-7-17/h6-13,15,21H,14,16H2,1-5H3,(H,27,28). The van der Waals surface area contributed by atoms with E-state index in [0.717, 1.165) is 4.31 Å². The van der Waals surface area contributed by atoms with Gasteiger partial charge in [-0.25, -0.2) is 4.79 Å². The molecular formula is C23H30N2O7S. The highest BCUT2D eigenvalue weighted by Crippen LogP contribution is 2.41. The van der Waals surface area contributed by atoms with Gasteiger partial charge in [-0.3, -0.25) is 0 Å². The summed E-state index contributed by atoms with van der Waals surface area (Å²) in [5, 5.41) is 10.0. The van der Waals surface area contributed by atoms with Gasteiger partial charge in [0.15, 0.2) is 0 Å². The van der Waals surface area contributed by atoms with Crippen LogP contribution in [0.3, 0.4) is 0 Å². The fraction of sp³-hybridized carbons (Fsp3) is 0.391. The summed E-state index contributed by atoms with van der Waals surface area (Å²) in [6.45, 7) is 4.56. The monoisotopic (exact) mass is 478 g/mol. The molecule has 1 amide bonds. The van der Waals surface area contributed by atoms with E-state index in [1.54, 1.807) is 69.3 Å². The Labute approximate surface area is 194 Å². The Kier molecular flexibility index (Phi) is 8.45. The van der Waals surface area contributed by atoms with Crippen LogP contribution < -0.4 is 9.47 Å². The molecular weight excluding hydrogens is 448 g/mol. The zero-order valence-electron chi connectivity index (χ0n) is 19.4. The third kappa shape index (κ3) is 6.23. The number of benzene rings is 2. The van der Waals surface area contributed by atoms with Crippen molar-refractivity contribution in [2.75, 3.05) is 20.8 Å². The molecule has 0 aliphatic rings. The Bertz CT molecular complexity index is 1050. The van der Waals surface area contributed by atoms with Crippen LogP contribution in [0, 0.1) is 5.41 Å². The van der Waals surface area contributed by atoms with Crippen LogP contribution in [0.15, 0.2) is 48.5 Å². The summed E-state index contributed by atoms with van der Waals surface area (Å²) in [5.41, 5.74) is 0.251. The number of hydrogen-bond acceptors (Lipinski definition) is 6. The maximum atomic E-state index is 13.6. The lowest BCUT2D eigenvalue weighted by molar-refractivity contribution is -0.108. The van der Waals surface area contributed by atoms with Gasteiger partial charge in [0.05, 0.1) is 26.8 Å². The molecule has 1 atom stereocenters. The Morgan fingerprint density at radius 1 is 1.00 bits per heavy atom. The van der Waals surface area contributed by atoms with Crippen molar-refractivity contribution >= 4 is 22.6 Å². The van der Waals surface area contributed by atoms with Crippen LogP contribution in [0.4, 0.5) is 4.79 Å². The molecule has 0 saturated heterocycles. The van der Waals surface area contributed by atoms with E-state index in [-0.39, 0.29) is 6.54 Å². The Morgan fingerprint density at radius 3 is 1.88 bits per heavy atom. The van der Waals surface area contributed by atoms with Crippen LogP contribution in [0.25, 0.3) is 0 Å². The van der Waals surface area contributed by atoms with E-state index in [0.29, 0.717) is 33.2 Å². The van der Waals surface area contributed by atoms with Crippen LogP contribution >= 0.6 is 0 Å². The first kappa shape index (κ1) is 26.1. The minimum atomic E-state index is -4.61. The molecule has 1 N–H and O–H groups in total. The molecule has 2 rings (SSSR count). The first-order chi connectivity index (χ1) is 15.4. The maximum Gasteiger partial charge on any atom is 0.422 e. The maximum absolute atomic E-state index is 13.6. The highest BCUT2D eigenvalue weighted by molar-refractivity contribution is 7.87. The molecule has 0 saturated carbocycles. The summed E-state index contributed by atoms with van der Waals surface area (Å²) in [5.74, 6) is 1.14. The highest BCUT2D eigenvalue weighted by atomic mass is 32.2. The number of ether oxygens (including phenoxy) is 2. The van der Waals surface area contributed by atoms with Gasteiger partial charge in [0.25, 0.3) is 0 Å². The molecule has 0 aromatic heterocycles. The van der Waals surface area contributed by atoms with Crippen molar-refractivity contribution < 1.29 is 32.6 Å². The molecule has 0 fully saturated rings. The number of carbonyl (C=O) groups excluding carboxylic acids is 1. The van der Waals surface area contributed by atoms with E-state index < -0.39 is 34.3 Å². The zero-order valence-corrected chi connectivity index (χ0v) is 20.2. The van der Waals surface area contributed by atoms with Gasteiger partial charge in [0.2, 0.25) is 0 Å². The van der Waals surface area contributed by atoms with Crippen LogP contribution in [0.2, 0.25) is 0 Å². The van der Waals surface area contributed by atoms with Crippen molar-refractivity contribution in [2.24, 2.45) is 5.41 Å². The molecule has 0 aliphatic heterocycles. The fourth-order valence-electron chi connectivity index (χ4n) is 3.50. The molecule has 33 heavy (non-hydrogen) atoms. The second kappa shape index (κ2) is 10.7. The van der Waals surface area contributed by atoms with Crippen LogP contribution in [0.5, 0.6) is 11.5 Å². The topological polar surface area (TPSA) is 113 Å². The average molecular weight is 479 g/mol. The summed E-state index contributed by atoms with van der Waals surface area (Å²) in [7, 11) is -1.60. The predicted molar refractivity (Wildman–Crippen MR) is 123 cm³/mol. The SMILES string of the molecule is COc1ccc(CN(CC=O)S(=O)(=O)N(C(=O)O)C(c2ccc(OC)cc2)C(C)(C)C)cc1. The molecule has 0 radical (unpaired) electrons. The molecule has 0 aliphatic carbocycles. The molecule has 0 bridgehead atoms.